The van der Waals surface area contributed by atoms with Crippen molar-refractivity contribution >= 4 is 5.91 Å². The van der Waals surface area contributed by atoms with E-state index >= 15 is 0 Å². The van der Waals surface area contributed by atoms with Gasteiger partial charge < -0.3 is 18.7 Å². The van der Waals surface area contributed by atoms with Crippen LogP contribution in [-0.2, 0) is 6.54 Å². The van der Waals surface area contributed by atoms with Crippen LogP contribution in [0, 0.1) is 20.8 Å². The molecule has 186 valence electrons. The van der Waals surface area contributed by atoms with Crippen LogP contribution in [0.2, 0.25) is 0 Å². The lowest BCUT2D eigenvalue weighted by molar-refractivity contribution is 0.0757. The van der Waals surface area contributed by atoms with Crippen molar-refractivity contribution in [2.45, 2.75) is 33.7 Å². The third-order valence-electron chi connectivity index (χ3n) is 6.19. The Morgan fingerprint density at radius 3 is 2.61 bits per heavy atom. The molecule has 0 N–H and O–H groups in total. The third-order valence-corrected chi connectivity index (χ3v) is 6.19. The Hall–Kier alpha value is -4.05. The lowest BCUT2D eigenvalue weighted by Crippen LogP contribution is -2.35. The second-order valence-corrected chi connectivity index (χ2v) is 8.91. The summed E-state index contributed by atoms with van der Waals surface area (Å²) in [5, 5.41) is 8.08. The molecule has 1 amide bonds. The summed E-state index contributed by atoms with van der Waals surface area (Å²) in [7, 11) is 0. The van der Waals surface area contributed by atoms with E-state index in [2.05, 4.69) is 25.2 Å². The summed E-state index contributed by atoms with van der Waals surface area (Å²) in [6, 6.07) is 11.2. The number of rotatable bonds is 6. The molecule has 0 radical (unpaired) electrons. The lowest BCUT2D eigenvalue weighted by atomic mass is 10.2. The summed E-state index contributed by atoms with van der Waals surface area (Å²) in [5.74, 6) is 2.51. The zero-order valence-electron chi connectivity index (χ0n) is 20.6. The Morgan fingerprint density at radius 2 is 1.83 bits per heavy atom. The normalized spacial score (nSPS) is 14.6. The SMILES string of the molecule is Cc1ccc(Oc2ncccc2C(=O)N2CCCN(Cc3noc(-c4c(C)noc4C)n3)CC2)cc1. The number of aryl methyl sites for hydroxylation is 3. The molecule has 1 aliphatic heterocycles. The Kier molecular flexibility index (Phi) is 6.77. The molecule has 4 aromatic rings. The fraction of sp³-hybridized carbons (Fsp3) is 0.346. The second kappa shape index (κ2) is 10.3. The molecular formula is C26H28N6O4. The van der Waals surface area contributed by atoms with Gasteiger partial charge in [-0.3, -0.25) is 9.69 Å². The summed E-state index contributed by atoms with van der Waals surface area (Å²) in [6.45, 7) is 8.93. The van der Waals surface area contributed by atoms with E-state index in [1.807, 2.05) is 49.9 Å². The highest BCUT2D eigenvalue weighted by Gasteiger charge is 2.25. The van der Waals surface area contributed by atoms with Crippen molar-refractivity contribution in [1.29, 1.82) is 0 Å². The van der Waals surface area contributed by atoms with E-state index in [4.69, 9.17) is 13.8 Å². The zero-order chi connectivity index (χ0) is 25.1. The highest BCUT2D eigenvalue weighted by Crippen LogP contribution is 2.26. The number of amides is 1. The highest BCUT2D eigenvalue weighted by atomic mass is 16.5. The van der Waals surface area contributed by atoms with Crippen molar-refractivity contribution in [1.82, 2.24) is 30.1 Å². The average molecular weight is 489 g/mol. The van der Waals surface area contributed by atoms with Gasteiger partial charge in [-0.2, -0.15) is 4.98 Å². The van der Waals surface area contributed by atoms with Crippen molar-refractivity contribution in [2.75, 3.05) is 26.2 Å². The second-order valence-electron chi connectivity index (χ2n) is 8.91. The summed E-state index contributed by atoms with van der Waals surface area (Å²) < 4.78 is 16.6. The summed E-state index contributed by atoms with van der Waals surface area (Å²) >= 11 is 0. The van der Waals surface area contributed by atoms with Gasteiger partial charge in [0, 0.05) is 32.4 Å². The van der Waals surface area contributed by atoms with Crippen molar-refractivity contribution < 1.29 is 18.6 Å². The van der Waals surface area contributed by atoms with Crippen LogP contribution in [0.1, 0.15) is 39.6 Å². The van der Waals surface area contributed by atoms with Gasteiger partial charge in [-0.25, -0.2) is 4.98 Å². The average Bonchev–Trinajstić information content (AvgIpc) is 3.38. The number of hydrogen-bond donors (Lipinski definition) is 0. The molecule has 0 unspecified atom stereocenters. The molecule has 0 spiro atoms. The number of carbonyl (C=O) groups excluding carboxylic acids is 1. The van der Waals surface area contributed by atoms with Gasteiger partial charge in [0.05, 0.1) is 12.2 Å². The van der Waals surface area contributed by atoms with E-state index in [1.165, 1.54) is 0 Å². The van der Waals surface area contributed by atoms with E-state index in [-0.39, 0.29) is 5.91 Å². The number of aromatic nitrogens is 4. The molecule has 1 aromatic carbocycles. The maximum Gasteiger partial charge on any atom is 0.263 e. The van der Waals surface area contributed by atoms with Gasteiger partial charge in [0.2, 0.25) is 5.88 Å². The minimum atomic E-state index is -0.0904. The summed E-state index contributed by atoms with van der Waals surface area (Å²) in [6.07, 6.45) is 2.46. The smallest absolute Gasteiger partial charge is 0.263 e. The van der Waals surface area contributed by atoms with Gasteiger partial charge in [-0.1, -0.05) is 28.0 Å². The molecule has 1 fully saturated rings. The monoisotopic (exact) mass is 488 g/mol. The highest BCUT2D eigenvalue weighted by molar-refractivity contribution is 5.96. The van der Waals surface area contributed by atoms with E-state index < -0.39 is 0 Å². The topological polar surface area (TPSA) is 111 Å². The van der Waals surface area contributed by atoms with Crippen molar-refractivity contribution in [2.24, 2.45) is 0 Å². The van der Waals surface area contributed by atoms with Crippen LogP contribution in [0.5, 0.6) is 11.6 Å². The lowest BCUT2D eigenvalue weighted by Gasteiger charge is -2.22. The van der Waals surface area contributed by atoms with E-state index in [9.17, 15) is 4.79 Å². The number of benzene rings is 1. The van der Waals surface area contributed by atoms with Crippen molar-refractivity contribution in [3.8, 4) is 23.1 Å². The Bertz CT molecular complexity index is 1330. The number of ether oxygens (including phenoxy) is 1. The summed E-state index contributed by atoms with van der Waals surface area (Å²) in [5.41, 5.74) is 3.04. The number of nitrogens with zero attached hydrogens (tertiary/aromatic N) is 6. The number of pyridine rings is 1. The van der Waals surface area contributed by atoms with Gasteiger partial charge in [0.25, 0.3) is 11.8 Å². The molecule has 0 saturated carbocycles. The molecule has 1 aliphatic rings. The maximum atomic E-state index is 13.4. The molecule has 4 heterocycles. The van der Waals surface area contributed by atoms with E-state index in [0.717, 1.165) is 24.1 Å². The van der Waals surface area contributed by atoms with Gasteiger partial charge >= 0.3 is 0 Å². The largest absolute Gasteiger partial charge is 0.438 e. The first-order valence-electron chi connectivity index (χ1n) is 11.9. The number of carbonyl (C=O) groups is 1. The maximum absolute atomic E-state index is 13.4. The first-order chi connectivity index (χ1) is 17.5. The molecule has 5 rings (SSSR count). The van der Waals surface area contributed by atoms with Crippen LogP contribution >= 0.6 is 0 Å². The summed E-state index contributed by atoms with van der Waals surface area (Å²) in [4.78, 5) is 26.3. The molecule has 10 nitrogen and oxygen atoms in total. The van der Waals surface area contributed by atoms with Gasteiger partial charge in [0.1, 0.15) is 22.6 Å². The van der Waals surface area contributed by atoms with Crippen LogP contribution in [0.4, 0.5) is 0 Å². The predicted molar refractivity (Wildman–Crippen MR) is 131 cm³/mol. The first-order valence-corrected chi connectivity index (χ1v) is 11.9. The van der Waals surface area contributed by atoms with Gasteiger partial charge in [0.15, 0.2) is 5.82 Å². The van der Waals surface area contributed by atoms with Crippen molar-refractivity contribution in [3.05, 3.63) is 71.0 Å². The molecule has 0 bridgehead atoms. The molecular weight excluding hydrogens is 460 g/mol. The van der Waals surface area contributed by atoms with E-state index in [0.29, 0.717) is 66.5 Å². The molecule has 36 heavy (non-hydrogen) atoms. The third kappa shape index (κ3) is 5.13. The molecule has 0 aliphatic carbocycles. The fourth-order valence-corrected chi connectivity index (χ4v) is 4.26. The number of hydrogen-bond acceptors (Lipinski definition) is 9. The Morgan fingerprint density at radius 1 is 1.00 bits per heavy atom. The fourth-order valence-electron chi connectivity index (χ4n) is 4.26. The van der Waals surface area contributed by atoms with Crippen LogP contribution in [-0.4, -0.2) is 62.2 Å². The molecule has 10 heteroatoms. The van der Waals surface area contributed by atoms with Gasteiger partial charge in [-0.05, 0) is 51.5 Å². The van der Waals surface area contributed by atoms with E-state index in [1.54, 1.807) is 18.3 Å². The minimum Gasteiger partial charge on any atom is -0.438 e. The van der Waals surface area contributed by atoms with Crippen LogP contribution < -0.4 is 4.74 Å². The standard InChI is InChI=1S/C26H28N6O4/c1-17-7-9-20(10-8-17)34-24-21(6-4-11-27-24)26(33)32-13-5-12-31(14-15-32)16-22-28-25(36-30-22)23-18(2)29-35-19(23)3/h4,6-11H,5,12-16H2,1-3H3. The predicted octanol–water partition coefficient (Wildman–Crippen LogP) is 4.19. The molecule has 3 aromatic heterocycles. The van der Waals surface area contributed by atoms with Crippen molar-refractivity contribution in [3.63, 3.8) is 0 Å². The first kappa shape index (κ1) is 23.7. The minimum absolute atomic E-state index is 0.0904. The zero-order valence-corrected chi connectivity index (χ0v) is 20.6. The van der Waals surface area contributed by atoms with Crippen LogP contribution in [0.3, 0.4) is 0 Å². The van der Waals surface area contributed by atoms with Crippen LogP contribution in [0.15, 0.2) is 51.6 Å². The molecule has 1 saturated heterocycles. The Balaban J connectivity index is 1.23. The van der Waals surface area contributed by atoms with Crippen LogP contribution in [0.25, 0.3) is 11.5 Å². The Labute approximate surface area is 208 Å². The van der Waals surface area contributed by atoms with Gasteiger partial charge in [-0.15, -0.1) is 0 Å². The quantitative estimate of drug-likeness (QED) is 0.394. The molecule has 0 atom stereocenters.